The van der Waals surface area contributed by atoms with E-state index in [1.165, 1.54) is 70.6 Å². The largest absolute Gasteiger partial charge is 0.466 e. The van der Waals surface area contributed by atoms with Crippen LogP contribution in [0.25, 0.3) is 0 Å². The van der Waals surface area contributed by atoms with Crippen molar-refractivity contribution in [2.45, 2.75) is 174 Å². The average molecular weight is 594 g/mol. The van der Waals surface area contributed by atoms with E-state index < -0.39 is 0 Å². The number of aliphatic hydroxyl groups excluding tert-OH is 1. The third-order valence-corrected chi connectivity index (χ3v) is 9.72. The standard InChI is InChI=1S/C36H67NO5/c1-2-3-4-18-31-41-35(39)21-14-7-5-9-16-27-37(29-30-38)28-17-10-6-8-15-22-36(40)42-34-25-23-33(24-26-34)32-19-12-11-13-20-32/h32-34,38H,2-31H2,1H3. The number of nitrogens with zero attached hydrogens (tertiary/aromatic N) is 1. The summed E-state index contributed by atoms with van der Waals surface area (Å²) in [7, 11) is 0. The van der Waals surface area contributed by atoms with Gasteiger partial charge in [-0.15, -0.1) is 0 Å². The van der Waals surface area contributed by atoms with Crippen LogP contribution in [0.5, 0.6) is 0 Å². The summed E-state index contributed by atoms with van der Waals surface area (Å²) in [6.07, 6.45) is 28.6. The van der Waals surface area contributed by atoms with Crippen molar-refractivity contribution in [1.82, 2.24) is 4.90 Å². The Hall–Kier alpha value is -1.14. The smallest absolute Gasteiger partial charge is 0.306 e. The molecule has 2 aliphatic rings. The van der Waals surface area contributed by atoms with E-state index in [9.17, 15) is 14.7 Å². The number of hydrogen-bond acceptors (Lipinski definition) is 6. The SMILES string of the molecule is CCCCCCOC(=O)CCCCCCCN(CCO)CCCCCCCC(=O)OC1CCC(C2CCCCC2)CC1. The van der Waals surface area contributed by atoms with Gasteiger partial charge < -0.3 is 19.5 Å². The van der Waals surface area contributed by atoms with Gasteiger partial charge in [-0.1, -0.05) is 96.8 Å². The monoisotopic (exact) mass is 594 g/mol. The first-order valence-electron chi connectivity index (χ1n) is 18.3. The van der Waals surface area contributed by atoms with Gasteiger partial charge in [0.05, 0.1) is 13.2 Å². The molecule has 0 spiro atoms. The number of ether oxygens (including phenoxy) is 2. The van der Waals surface area contributed by atoms with Crippen LogP contribution < -0.4 is 0 Å². The lowest BCUT2D eigenvalue weighted by atomic mass is 9.73. The number of unbranched alkanes of at least 4 members (excludes halogenated alkanes) is 11. The summed E-state index contributed by atoms with van der Waals surface area (Å²) in [6, 6.07) is 0. The molecule has 2 fully saturated rings. The van der Waals surface area contributed by atoms with E-state index in [-0.39, 0.29) is 24.6 Å². The first-order valence-corrected chi connectivity index (χ1v) is 18.3. The highest BCUT2D eigenvalue weighted by molar-refractivity contribution is 5.69. The molecule has 0 amide bonds. The highest BCUT2D eigenvalue weighted by Gasteiger charge is 2.29. The van der Waals surface area contributed by atoms with Gasteiger partial charge in [-0.3, -0.25) is 9.59 Å². The van der Waals surface area contributed by atoms with Crippen molar-refractivity contribution in [2.75, 3.05) is 32.8 Å². The number of carbonyl (C=O) groups is 2. The summed E-state index contributed by atoms with van der Waals surface area (Å²) in [6.45, 7) is 5.80. The third kappa shape index (κ3) is 18.5. The number of rotatable bonds is 25. The molecule has 0 unspecified atom stereocenters. The van der Waals surface area contributed by atoms with Gasteiger partial charge in [0.2, 0.25) is 0 Å². The van der Waals surface area contributed by atoms with Gasteiger partial charge in [-0.05, 0) is 82.7 Å². The molecule has 0 saturated heterocycles. The second-order valence-electron chi connectivity index (χ2n) is 13.3. The molecule has 0 aromatic heterocycles. The fourth-order valence-electron chi connectivity index (χ4n) is 7.06. The van der Waals surface area contributed by atoms with Gasteiger partial charge in [0, 0.05) is 19.4 Å². The molecule has 42 heavy (non-hydrogen) atoms. The van der Waals surface area contributed by atoms with Crippen LogP contribution >= 0.6 is 0 Å². The minimum Gasteiger partial charge on any atom is -0.466 e. The fraction of sp³-hybridized carbons (Fsp3) is 0.944. The van der Waals surface area contributed by atoms with E-state index in [1.54, 1.807) is 0 Å². The van der Waals surface area contributed by atoms with Gasteiger partial charge in [-0.25, -0.2) is 0 Å². The van der Waals surface area contributed by atoms with E-state index in [4.69, 9.17) is 9.47 Å². The Morgan fingerprint density at radius 1 is 0.619 bits per heavy atom. The van der Waals surface area contributed by atoms with Gasteiger partial charge in [0.1, 0.15) is 6.10 Å². The molecule has 0 radical (unpaired) electrons. The van der Waals surface area contributed by atoms with Crippen LogP contribution in [-0.2, 0) is 19.1 Å². The Morgan fingerprint density at radius 2 is 1.17 bits per heavy atom. The Labute approximate surface area is 259 Å². The summed E-state index contributed by atoms with van der Waals surface area (Å²) in [5.74, 6) is 1.80. The molecule has 0 aromatic rings. The summed E-state index contributed by atoms with van der Waals surface area (Å²) in [5.41, 5.74) is 0. The van der Waals surface area contributed by atoms with E-state index >= 15 is 0 Å². The van der Waals surface area contributed by atoms with Crippen molar-refractivity contribution in [1.29, 1.82) is 0 Å². The lowest BCUT2D eigenvalue weighted by Crippen LogP contribution is -2.29. The van der Waals surface area contributed by atoms with E-state index in [0.29, 0.717) is 19.4 Å². The van der Waals surface area contributed by atoms with Crippen LogP contribution in [0.3, 0.4) is 0 Å². The second-order valence-corrected chi connectivity index (χ2v) is 13.3. The fourth-order valence-corrected chi connectivity index (χ4v) is 7.06. The zero-order valence-electron chi connectivity index (χ0n) is 27.5. The topological polar surface area (TPSA) is 76.1 Å². The summed E-state index contributed by atoms with van der Waals surface area (Å²) in [4.78, 5) is 26.5. The number of carbonyl (C=O) groups excluding carboxylic acids is 2. The van der Waals surface area contributed by atoms with E-state index in [1.807, 2.05) is 0 Å². The maximum absolute atomic E-state index is 12.4. The summed E-state index contributed by atoms with van der Waals surface area (Å²) < 4.78 is 11.1. The first kappa shape index (κ1) is 37.0. The van der Waals surface area contributed by atoms with Gasteiger partial charge in [0.15, 0.2) is 0 Å². The third-order valence-electron chi connectivity index (χ3n) is 9.72. The molecule has 0 atom stereocenters. The Bertz CT molecular complexity index is 657. The Kier molecular flexibility index (Phi) is 22.2. The molecular weight excluding hydrogens is 526 g/mol. The molecule has 0 heterocycles. The van der Waals surface area contributed by atoms with Crippen molar-refractivity contribution in [3.8, 4) is 0 Å². The normalized spacial score (nSPS) is 19.7. The molecule has 246 valence electrons. The van der Waals surface area contributed by atoms with Crippen LogP contribution in [0.4, 0.5) is 0 Å². The van der Waals surface area contributed by atoms with Gasteiger partial charge in [-0.2, -0.15) is 0 Å². The van der Waals surface area contributed by atoms with Crippen molar-refractivity contribution >= 4 is 11.9 Å². The molecule has 0 bridgehead atoms. The second kappa shape index (κ2) is 25.2. The number of aliphatic hydroxyl groups is 1. The summed E-state index contributed by atoms with van der Waals surface area (Å²) in [5, 5.41) is 9.45. The van der Waals surface area contributed by atoms with E-state index in [2.05, 4.69) is 11.8 Å². The molecule has 0 aliphatic heterocycles. The van der Waals surface area contributed by atoms with Gasteiger partial charge >= 0.3 is 11.9 Å². The van der Waals surface area contributed by atoms with Gasteiger partial charge in [0.25, 0.3) is 0 Å². The molecule has 2 aliphatic carbocycles. The highest BCUT2D eigenvalue weighted by atomic mass is 16.5. The minimum absolute atomic E-state index is 0.0166. The van der Waals surface area contributed by atoms with Crippen LogP contribution in [0, 0.1) is 11.8 Å². The first-order chi connectivity index (χ1) is 20.6. The lowest BCUT2D eigenvalue weighted by molar-refractivity contribution is -0.151. The minimum atomic E-state index is -0.0393. The predicted molar refractivity (Wildman–Crippen MR) is 172 cm³/mol. The van der Waals surface area contributed by atoms with Crippen molar-refractivity contribution < 1.29 is 24.2 Å². The van der Waals surface area contributed by atoms with Crippen molar-refractivity contribution in [2.24, 2.45) is 11.8 Å². The summed E-state index contributed by atoms with van der Waals surface area (Å²) >= 11 is 0. The highest BCUT2D eigenvalue weighted by Crippen LogP contribution is 2.38. The molecule has 6 heteroatoms. The zero-order valence-corrected chi connectivity index (χ0v) is 27.5. The average Bonchev–Trinajstić information content (AvgIpc) is 3.00. The van der Waals surface area contributed by atoms with Crippen LogP contribution in [0.1, 0.15) is 167 Å². The van der Waals surface area contributed by atoms with E-state index in [0.717, 1.165) is 109 Å². The molecule has 6 nitrogen and oxygen atoms in total. The quantitative estimate of drug-likeness (QED) is 0.0842. The molecule has 1 N–H and O–H groups in total. The maximum Gasteiger partial charge on any atom is 0.306 e. The molecule has 2 rings (SSSR count). The lowest BCUT2D eigenvalue weighted by Gasteiger charge is -2.35. The van der Waals surface area contributed by atoms with Crippen molar-refractivity contribution in [3.63, 3.8) is 0 Å². The van der Waals surface area contributed by atoms with Crippen LogP contribution in [0.2, 0.25) is 0 Å². The number of esters is 2. The maximum atomic E-state index is 12.4. The molecule has 0 aromatic carbocycles. The number of hydrogen-bond donors (Lipinski definition) is 1. The molecular formula is C36H67NO5. The zero-order chi connectivity index (χ0) is 30.1. The van der Waals surface area contributed by atoms with Crippen LogP contribution in [0.15, 0.2) is 0 Å². The Morgan fingerprint density at radius 3 is 1.79 bits per heavy atom. The predicted octanol–water partition coefficient (Wildman–Crippen LogP) is 8.77. The Balaban J connectivity index is 1.38. The molecule has 2 saturated carbocycles. The van der Waals surface area contributed by atoms with Crippen molar-refractivity contribution in [3.05, 3.63) is 0 Å². The van der Waals surface area contributed by atoms with Crippen LogP contribution in [-0.4, -0.2) is 60.9 Å².